The summed E-state index contributed by atoms with van der Waals surface area (Å²) in [4.78, 5) is 47.2. The number of rotatable bonds is 6. The molecule has 166 valence electrons. The van der Waals surface area contributed by atoms with E-state index < -0.39 is 5.91 Å². The number of carbonyl (C=O) groups excluding carboxylic acids is 2. The Labute approximate surface area is 193 Å². The van der Waals surface area contributed by atoms with Gasteiger partial charge in [0.2, 0.25) is 5.56 Å². The van der Waals surface area contributed by atoms with Crippen molar-refractivity contribution in [2.75, 3.05) is 0 Å². The molecule has 0 spiro atoms. The van der Waals surface area contributed by atoms with Crippen LogP contribution in [0.4, 0.5) is 0 Å². The second-order valence-corrected chi connectivity index (χ2v) is 9.29. The van der Waals surface area contributed by atoms with Gasteiger partial charge in [0.15, 0.2) is 5.01 Å². The fourth-order valence-corrected chi connectivity index (χ4v) is 5.52. The van der Waals surface area contributed by atoms with Gasteiger partial charge in [0.1, 0.15) is 16.6 Å². The molecule has 1 aliphatic carbocycles. The van der Waals surface area contributed by atoms with Crippen LogP contribution in [-0.2, 0) is 11.2 Å². The van der Waals surface area contributed by atoms with E-state index in [1.165, 1.54) is 17.4 Å². The van der Waals surface area contributed by atoms with E-state index in [0.29, 0.717) is 16.8 Å². The number of aromatic nitrogens is 3. The van der Waals surface area contributed by atoms with Crippen molar-refractivity contribution >= 4 is 33.9 Å². The molecule has 4 aromatic rings. The first-order valence-electron chi connectivity index (χ1n) is 10.9. The number of hydrogen-bond acceptors (Lipinski definition) is 6. The van der Waals surface area contributed by atoms with Gasteiger partial charge in [-0.05, 0) is 59.6 Å². The third-order valence-electron chi connectivity index (χ3n) is 6.31. The molecule has 1 amide bonds. The lowest BCUT2D eigenvalue weighted by molar-refractivity contribution is -0.108. The predicted molar refractivity (Wildman–Crippen MR) is 128 cm³/mol. The molecule has 8 heteroatoms. The number of aromatic amines is 1. The summed E-state index contributed by atoms with van der Waals surface area (Å²) in [6.07, 6.45) is 5.91. The molecule has 1 aliphatic rings. The minimum atomic E-state index is -0.547. The van der Waals surface area contributed by atoms with E-state index in [1.807, 2.05) is 18.2 Å². The van der Waals surface area contributed by atoms with Gasteiger partial charge in [-0.25, -0.2) is 9.97 Å². The van der Waals surface area contributed by atoms with Crippen LogP contribution in [-0.4, -0.2) is 27.1 Å². The number of aldehydes is 1. The molecular formula is C25H22N4O3S. The van der Waals surface area contributed by atoms with E-state index in [9.17, 15) is 14.4 Å². The van der Waals surface area contributed by atoms with Gasteiger partial charge < -0.3 is 15.5 Å². The zero-order chi connectivity index (χ0) is 22.9. The molecule has 0 fully saturated rings. The number of benzene rings is 1. The Bertz CT molecular complexity index is 1390. The summed E-state index contributed by atoms with van der Waals surface area (Å²) < 4.78 is 0. The first-order chi connectivity index (χ1) is 16.0. The van der Waals surface area contributed by atoms with Gasteiger partial charge in [-0.2, -0.15) is 0 Å². The number of H-pyrrole nitrogens is 1. The van der Waals surface area contributed by atoms with Crippen LogP contribution in [0.3, 0.4) is 0 Å². The average Bonchev–Trinajstić information content (AvgIpc) is 3.25. The van der Waals surface area contributed by atoms with Crippen LogP contribution < -0.4 is 11.3 Å². The van der Waals surface area contributed by atoms with Crippen molar-refractivity contribution in [1.29, 1.82) is 0 Å². The lowest BCUT2D eigenvalue weighted by atomic mass is 9.74. The highest BCUT2D eigenvalue weighted by Crippen LogP contribution is 2.43. The van der Waals surface area contributed by atoms with Gasteiger partial charge in [0.05, 0.1) is 0 Å². The van der Waals surface area contributed by atoms with Crippen LogP contribution in [0.5, 0.6) is 0 Å². The van der Waals surface area contributed by atoms with Crippen molar-refractivity contribution in [3.8, 4) is 11.1 Å². The van der Waals surface area contributed by atoms with E-state index in [4.69, 9.17) is 10.7 Å². The maximum Gasteiger partial charge on any atom is 0.277 e. The molecule has 7 nitrogen and oxygen atoms in total. The summed E-state index contributed by atoms with van der Waals surface area (Å²) in [5.74, 6) is -0.449. The zero-order valence-electron chi connectivity index (χ0n) is 17.8. The zero-order valence-corrected chi connectivity index (χ0v) is 18.6. The summed E-state index contributed by atoms with van der Waals surface area (Å²) in [6, 6.07) is 13.5. The van der Waals surface area contributed by atoms with Crippen LogP contribution in [0.25, 0.3) is 21.5 Å². The Hall–Kier alpha value is -3.65. The molecule has 0 saturated carbocycles. The SMILES string of the molecule is NC(=O)c1nc2cc3c(nc2s1)C([C@@H](CC=O)c1ccc(-c2ccc(=O)[nH]c2)cc1)CCC3. The lowest BCUT2D eigenvalue weighted by Crippen LogP contribution is -2.19. The van der Waals surface area contributed by atoms with Crippen LogP contribution >= 0.6 is 11.3 Å². The molecule has 33 heavy (non-hydrogen) atoms. The fourth-order valence-electron chi connectivity index (χ4n) is 4.73. The van der Waals surface area contributed by atoms with E-state index in [0.717, 1.165) is 53.5 Å². The van der Waals surface area contributed by atoms with Crippen LogP contribution in [0.2, 0.25) is 0 Å². The molecule has 0 aliphatic heterocycles. The largest absolute Gasteiger partial charge is 0.364 e. The summed E-state index contributed by atoms with van der Waals surface area (Å²) >= 11 is 1.21. The number of nitrogens with zero attached hydrogens (tertiary/aromatic N) is 2. The van der Waals surface area contributed by atoms with Crippen molar-refractivity contribution in [2.24, 2.45) is 5.73 Å². The number of pyridine rings is 2. The van der Waals surface area contributed by atoms with Crippen molar-refractivity contribution < 1.29 is 9.59 Å². The third kappa shape index (κ3) is 4.09. The summed E-state index contributed by atoms with van der Waals surface area (Å²) in [5.41, 5.74) is 11.1. The number of nitrogens with one attached hydrogen (secondary N) is 1. The average molecular weight is 459 g/mol. The lowest BCUT2D eigenvalue weighted by Gasteiger charge is -2.31. The van der Waals surface area contributed by atoms with Crippen LogP contribution in [0.1, 0.15) is 57.7 Å². The van der Waals surface area contributed by atoms with Gasteiger partial charge >= 0.3 is 0 Å². The number of fused-ring (bicyclic) bond motifs is 2. The van der Waals surface area contributed by atoms with E-state index >= 15 is 0 Å². The van der Waals surface area contributed by atoms with Gasteiger partial charge in [-0.1, -0.05) is 35.6 Å². The highest BCUT2D eigenvalue weighted by atomic mass is 32.1. The van der Waals surface area contributed by atoms with Crippen molar-refractivity contribution in [3.63, 3.8) is 0 Å². The summed E-state index contributed by atoms with van der Waals surface area (Å²) in [5, 5.41) is 0.263. The van der Waals surface area contributed by atoms with Crippen molar-refractivity contribution in [3.05, 3.63) is 80.8 Å². The smallest absolute Gasteiger partial charge is 0.277 e. The van der Waals surface area contributed by atoms with Gasteiger partial charge in [0, 0.05) is 30.3 Å². The number of carbonyl (C=O) groups is 2. The molecular weight excluding hydrogens is 436 g/mol. The number of nitrogens with two attached hydrogens (primary N) is 1. The second-order valence-electron chi connectivity index (χ2n) is 8.31. The number of amides is 1. The van der Waals surface area contributed by atoms with E-state index in [1.54, 1.807) is 12.3 Å². The first-order valence-corrected chi connectivity index (χ1v) is 11.7. The molecule has 0 saturated heterocycles. The number of aryl methyl sites for hydroxylation is 1. The first kappa shape index (κ1) is 21.2. The molecule has 2 atom stereocenters. The predicted octanol–water partition coefficient (Wildman–Crippen LogP) is 3.94. The molecule has 3 heterocycles. The van der Waals surface area contributed by atoms with Gasteiger partial charge in [-0.3, -0.25) is 9.59 Å². The maximum absolute atomic E-state index is 11.6. The minimum absolute atomic E-state index is 0.000312. The molecule has 0 radical (unpaired) electrons. The molecule has 3 N–H and O–H groups in total. The Morgan fingerprint density at radius 2 is 1.97 bits per heavy atom. The monoisotopic (exact) mass is 458 g/mol. The number of primary amides is 1. The maximum atomic E-state index is 11.6. The Kier molecular flexibility index (Phi) is 5.60. The van der Waals surface area contributed by atoms with Crippen molar-refractivity contribution in [2.45, 2.75) is 37.5 Å². The molecule has 5 rings (SSSR count). The molecule has 0 bridgehead atoms. The highest BCUT2D eigenvalue weighted by Gasteiger charge is 2.31. The fraction of sp³-hybridized carbons (Fsp3) is 0.240. The second kappa shape index (κ2) is 8.71. The Balaban J connectivity index is 1.51. The molecule has 1 unspecified atom stereocenters. The van der Waals surface area contributed by atoms with E-state index in [2.05, 4.69) is 22.1 Å². The normalized spacial score (nSPS) is 16.3. The van der Waals surface area contributed by atoms with Gasteiger partial charge in [-0.15, -0.1) is 0 Å². The number of hydrogen-bond donors (Lipinski definition) is 2. The number of thiazole rings is 1. The van der Waals surface area contributed by atoms with E-state index in [-0.39, 0.29) is 22.4 Å². The van der Waals surface area contributed by atoms with Crippen molar-refractivity contribution in [1.82, 2.24) is 15.0 Å². The quantitative estimate of drug-likeness (QED) is 0.424. The van der Waals surface area contributed by atoms with Crippen LogP contribution in [0.15, 0.2) is 53.5 Å². The van der Waals surface area contributed by atoms with Gasteiger partial charge in [0.25, 0.3) is 5.91 Å². The molecule has 1 aromatic carbocycles. The minimum Gasteiger partial charge on any atom is -0.364 e. The standard InChI is InChI=1S/C25H22N4O3S/c26-23(32)25-28-20-12-16-2-1-3-19(22(16)29-24(20)33-25)18(10-11-30)15-6-4-14(5-7-15)17-8-9-21(31)27-13-17/h4-9,11-13,18-19H,1-3,10H2,(H2,26,32)(H,27,31)/t18-,19?/m0/s1. The Morgan fingerprint density at radius 1 is 1.18 bits per heavy atom. The molecule has 3 aromatic heterocycles. The summed E-state index contributed by atoms with van der Waals surface area (Å²) in [7, 11) is 0. The van der Waals surface area contributed by atoms with Crippen LogP contribution in [0, 0.1) is 0 Å². The Morgan fingerprint density at radius 3 is 2.67 bits per heavy atom. The topological polar surface area (TPSA) is 119 Å². The highest BCUT2D eigenvalue weighted by molar-refractivity contribution is 7.19. The third-order valence-corrected chi connectivity index (χ3v) is 7.29. The summed E-state index contributed by atoms with van der Waals surface area (Å²) in [6.45, 7) is 0.